The predicted octanol–water partition coefficient (Wildman–Crippen LogP) is 5.02. The molecular weight excluding hydrogens is 265 g/mol. The lowest BCUT2D eigenvalue weighted by Gasteiger charge is -2.09. The molecule has 2 aromatic carbocycles. The first kappa shape index (κ1) is 14.4. The van der Waals surface area contributed by atoms with Gasteiger partial charge in [-0.25, -0.2) is 0 Å². The average Bonchev–Trinajstić information content (AvgIpc) is 2.39. The van der Waals surface area contributed by atoms with E-state index in [9.17, 15) is 13.2 Å². The third-order valence-corrected chi connectivity index (χ3v) is 2.84. The molecule has 1 radical (unpaired) electrons. The molecule has 0 aromatic heterocycles. The summed E-state index contributed by atoms with van der Waals surface area (Å²) in [5.74, 6) is -0.213. The van der Waals surface area contributed by atoms with E-state index in [2.05, 4.69) is 11.7 Å². The maximum atomic E-state index is 12.1. The van der Waals surface area contributed by atoms with Crippen LogP contribution in [0.5, 0.6) is 5.75 Å². The van der Waals surface area contributed by atoms with Gasteiger partial charge in [-0.15, -0.1) is 13.2 Å². The van der Waals surface area contributed by atoms with Crippen molar-refractivity contribution in [2.24, 2.45) is 0 Å². The molecule has 0 heterocycles. The number of aryl methyl sites for hydroxylation is 1. The first-order valence-electron chi connectivity index (χ1n) is 6.22. The van der Waals surface area contributed by atoms with Crippen molar-refractivity contribution in [3.05, 3.63) is 61.0 Å². The molecule has 2 aromatic rings. The van der Waals surface area contributed by atoms with Crippen LogP contribution >= 0.6 is 0 Å². The van der Waals surface area contributed by atoms with E-state index in [1.165, 1.54) is 17.7 Å². The van der Waals surface area contributed by atoms with Gasteiger partial charge in [-0.3, -0.25) is 0 Å². The van der Waals surface area contributed by atoms with Crippen molar-refractivity contribution in [3.8, 4) is 16.9 Å². The van der Waals surface area contributed by atoms with Crippen molar-refractivity contribution in [3.63, 3.8) is 0 Å². The highest BCUT2D eigenvalue weighted by molar-refractivity contribution is 5.64. The molecule has 0 spiro atoms. The lowest BCUT2D eigenvalue weighted by atomic mass is 10.0. The summed E-state index contributed by atoms with van der Waals surface area (Å²) >= 11 is 0. The van der Waals surface area contributed by atoms with Crippen LogP contribution in [0.2, 0.25) is 0 Å². The zero-order chi connectivity index (χ0) is 14.6. The van der Waals surface area contributed by atoms with E-state index in [1.807, 2.05) is 24.3 Å². The summed E-state index contributed by atoms with van der Waals surface area (Å²) in [7, 11) is 0. The van der Waals surface area contributed by atoms with Crippen LogP contribution in [0.4, 0.5) is 13.2 Å². The van der Waals surface area contributed by atoms with Gasteiger partial charge in [0.1, 0.15) is 5.75 Å². The molecule has 0 N–H and O–H groups in total. The Hall–Kier alpha value is -1.97. The highest BCUT2D eigenvalue weighted by atomic mass is 19.4. The van der Waals surface area contributed by atoms with E-state index < -0.39 is 6.36 Å². The molecule has 0 amide bonds. The van der Waals surface area contributed by atoms with E-state index in [4.69, 9.17) is 0 Å². The van der Waals surface area contributed by atoms with Gasteiger partial charge in [0.2, 0.25) is 0 Å². The third kappa shape index (κ3) is 4.02. The Balaban J connectivity index is 2.13. The molecule has 105 valence electrons. The Morgan fingerprint density at radius 1 is 0.850 bits per heavy atom. The van der Waals surface area contributed by atoms with Crippen molar-refractivity contribution in [2.75, 3.05) is 0 Å². The molecule has 0 aliphatic rings. The summed E-state index contributed by atoms with van der Waals surface area (Å²) in [5, 5.41) is 0. The molecule has 0 aliphatic heterocycles. The maximum Gasteiger partial charge on any atom is 0.573 e. The number of hydrogen-bond acceptors (Lipinski definition) is 1. The van der Waals surface area contributed by atoms with Crippen molar-refractivity contribution < 1.29 is 17.9 Å². The van der Waals surface area contributed by atoms with Gasteiger partial charge < -0.3 is 4.74 Å². The number of benzene rings is 2. The van der Waals surface area contributed by atoms with Crippen LogP contribution in [0.15, 0.2) is 48.5 Å². The standard InChI is InChI=1S/C16H14F3O/c1-2-3-12-4-6-13(7-5-12)14-8-10-15(11-9-14)20-16(17,18)19/h4-11H,1-3H2. The van der Waals surface area contributed by atoms with Gasteiger partial charge in [0.05, 0.1) is 0 Å². The largest absolute Gasteiger partial charge is 0.573 e. The fourth-order valence-corrected chi connectivity index (χ4v) is 1.92. The highest BCUT2D eigenvalue weighted by Crippen LogP contribution is 2.26. The normalized spacial score (nSPS) is 11.4. The van der Waals surface area contributed by atoms with Crippen LogP contribution in [-0.4, -0.2) is 6.36 Å². The van der Waals surface area contributed by atoms with Gasteiger partial charge in [0, 0.05) is 0 Å². The second-order valence-corrected chi connectivity index (χ2v) is 4.37. The van der Waals surface area contributed by atoms with Gasteiger partial charge in [-0.2, -0.15) is 0 Å². The minimum Gasteiger partial charge on any atom is -0.406 e. The summed E-state index contributed by atoms with van der Waals surface area (Å²) < 4.78 is 40.0. The number of halogens is 3. The molecule has 0 saturated heterocycles. The van der Waals surface area contributed by atoms with Crippen molar-refractivity contribution in [2.45, 2.75) is 19.2 Å². The van der Waals surface area contributed by atoms with Gasteiger partial charge in [-0.1, -0.05) is 43.3 Å². The summed E-state index contributed by atoms with van der Waals surface area (Å²) in [5.41, 5.74) is 3.00. The van der Waals surface area contributed by atoms with Gasteiger partial charge in [-0.05, 0) is 41.7 Å². The highest BCUT2D eigenvalue weighted by Gasteiger charge is 2.30. The SMILES string of the molecule is [CH2]CCc1ccc(-c2ccc(OC(F)(F)F)cc2)cc1. The van der Waals surface area contributed by atoms with Gasteiger partial charge in [0.25, 0.3) is 0 Å². The maximum absolute atomic E-state index is 12.1. The fourth-order valence-electron chi connectivity index (χ4n) is 1.92. The van der Waals surface area contributed by atoms with E-state index >= 15 is 0 Å². The Bertz CT molecular complexity index is 541. The predicted molar refractivity (Wildman–Crippen MR) is 72.2 cm³/mol. The van der Waals surface area contributed by atoms with Crippen LogP contribution < -0.4 is 4.74 Å². The zero-order valence-corrected chi connectivity index (χ0v) is 10.8. The smallest absolute Gasteiger partial charge is 0.406 e. The third-order valence-electron chi connectivity index (χ3n) is 2.84. The molecule has 4 heteroatoms. The second kappa shape index (κ2) is 5.99. The van der Waals surface area contributed by atoms with E-state index in [0.29, 0.717) is 0 Å². The molecule has 20 heavy (non-hydrogen) atoms. The first-order valence-corrected chi connectivity index (χ1v) is 6.22. The minimum absolute atomic E-state index is 0.213. The zero-order valence-electron chi connectivity index (χ0n) is 10.8. The van der Waals surface area contributed by atoms with Crippen molar-refractivity contribution in [1.29, 1.82) is 0 Å². The first-order chi connectivity index (χ1) is 9.48. The monoisotopic (exact) mass is 279 g/mol. The van der Waals surface area contributed by atoms with Crippen LogP contribution in [0.3, 0.4) is 0 Å². The molecule has 0 saturated carbocycles. The number of ether oxygens (including phenoxy) is 1. The van der Waals surface area contributed by atoms with Crippen molar-refractivity contribution in [1.82, 2.24) is 0 Å². The molecule has 0 fully saturated rings. The quantitative estimate of drug-likeness (QED) is 0.763. The van der Waals surface area contributed by atoms with Gasteiger partial charge in [0.15, 0.2) is 0 Å². The van der Waals surface area contributed by atoms with Crippen LogP contribution in [0.25, 0.3) is 11.1 Å². The van der Waals surface area contributed by atoms with E-state index in [-0.39, 0.29) is 5.75 Å². The van der Waals surface area contributed by atoms with Crippen LogP contribution in [0.1, 0.15) is 12.0 Å². The Kier molecular flexibility index (Phi) is 4.32. The number of hydrogen-bond donors (Lipinski definition) is 0. The van der Waals surface area contributed by atoms with E-state index in [1.54, 1.807) is 12.1 Å². The molecule has 0 atom stereocenters. The Morgan fingerprint density at radius 3 is 1.80 bits per heavy atom. The molecule has 0 unspecified atom stereocenters. The van der Waals surface area contributed by atoms with Crippen LogP contribution in [0, 0.1) is 6.92 Å². The van der Waals surface area contributed by atoms with Crippen molar-refractivity contribution >= 4 is 0 Å². The molecule has 1 nitrogen and oxygen atoms in total. The lowest BCUT2D eigenvalue weighted by molar-refractivity contribution is -0.274. The second-order valence-electron chi connectivity index (χ2n) is 4.37. The summed E-state index contributed by atoms with van der Waals surface area (Å²) in [6.45, 7) is 3.79. The number of rotatable bonds is 4. The van der Waals surface area contributed by atoms with E-state index in [0.717, 1.165) is 24.0 Å². The topological polar surface area (TPSA) is 9.23 Å². The molecule has 0 bridgehead atoms. The molecular formula is C16H14F3O. The Labute approximate surface area is 116 Å². The fraction of sp³-hybridized carbons (Fsp3) is 0.188. The molecule has 0 aliphatic carbocycles. The Morgan fingerprint density at radius 2 is 1.35 bits per heavy atom. The average molecular weight is 279 g/mol. The molecule has 2 rings (SSSR count). The number of alkyl halides is 3. The minimum atomic E-state index is -4.66. The summed E-state index contributed by atoms with van der Waals surface area (Å²) in [6, 6.07) is 13.7. The van der Waals surface area contributed by atoms with Gasteiger partial charge >= 0.3 is 6.36 Å². The van der Waals surface area contributed by atoms with Crippen LogP contribution in [-0.2, 0) is 6.42 Å². The summed E-state index contributed by atoms with van der Waals surface area (Å²) in [6.07, 6.45) is -2.90. The lowest BCUT2D eigenvalue weighted by Crippen LogP contribution is -2.16. The summed E-state index contributed by atoms with van der Waals surface area (Å²) in [4.78, 5) is 0.